The van der Waals surface area contributed by atoms with Crippen LogP contribution in [0, 0.1) is 0 Å². The van der Waals surface area contributed by atoms with E-state index in [1.54, 1.807) is 0 Å². The summed E-state index contributed by atoms with van der Waals surface area (Å²) in [5.41, 5.74) is 19.8. The summed E-state index contributed by atoms with van der Waals surface area (Å²) in [5.74, 6) is 1.93. The summed E-state index contributed by atoms with van der Waals surface area (Å²) in [4.78, 5) is 3.60. The summed E-state index contributed by atoms with van der Waals surface area (Å²) in [6, 6.07) is 36.1. The van der Waals surface area contributed by atoms with Crippen molar-refractivity contribution >= 4 is 54.7 Å². The summed E-state index contributed by atoms with van der Waals surface area (Å²) < 4.78 is 6.56. The molecule has 0 bridgehead atoms. The Morgan fingerprint density at radius 1 is 0.579 bits per heavy atom. The number of hydrogen-bond donors (Lipinski definition) is 3. The van der Waals surface area contributed by atoms with E-state index in [0.29, 0.717) is 0 Å². The average molecular weight is 492 g/mol. The van der Waals surface area contributed by atoms with E-state index in [2.05, 4.69) is 83.8 Å². The van der Waals surface area contributed by atoms with Gasteiger partial charge in [0.15, 0.2) is 0 Å². The van der Waals surface area contributed by atoms with E-state index in [9.17, 15) is 0 Å². The van der Waals surface area contributed by atoms with E-state index >= 15 is 0 Å². The van der Waals surface area contributed by atoms with E-state index in [-0.39, 0.29) is 5.92 Å². The zero-order valence-electron chi connectivity index (χ0n) is 20.7. The molecule has 0 unspecified atom stereocenters. The first-order valence-corrected chi connectivity index (χ1v) is 12.9. The lowest BCUT2D eigenvalue weighted by molar-refractivity contribution is 0.446. The molecule has 4 heteroatoms. The summed E-state index contributed by atoms with van der Waals surface area (Å²) in [7, 11) is 0. The molecule has 0 radical (unpaired) electrons. The topological polar surface area (TPSA) is 77.1 Å². The Kier molecular flexibility index (Phi) is 4.32. The van der Waals surface area contributed by atoms with Gasteiger partial charge in [-0.05, 0) is 94.2 Å². The molecule has 5 N–H and O–H groups in total. The largest absolute Gasteiger partial charge is 0.457 e. The summed E-state index contributed by atoms with van der Waals surface area (Å²) in [5, 5.41) is 6.99. The fourth-order valence-corrected chi connectivity index (χ4v) is 6.12. The van der Waals surface area contributed by atoms with Gasteiger partial charge in [0.2, 0.25) is 0 Å². The van der Waals surface area contributed by atoms with Crippen molar-refractivity contribution in [2.45, 2.75) is 12.3 Å². The van der Waals surface area contributed by atoms with Gasteiger partial charge in [0.25, 0.3) is 0 Å². The molecule has 0 amide bonds. The number of benzene rings is 6. The maximum atomic E-state index is 6.56. The van der Waals surface area contributed by atoms with Gasteiger partial charge in [0.05, 0.1) is 0 Å². The predicted molar refractivity (Wildman–Crippen MR) is 158 cm³/mol. The Morgan fingerprint density at radius 2 is 1.21 bits per heavy atom. The van der Waals surface area contributed by atoms with Crippen LogP contribution in [0.4, 0.5) is 11.4 Å². The minimum Gasteiger partial charge on any atom is -0.457 e. The highest BCUT2D eigenvalue weighted by Crippen LogP contribution is 2.48. The fourth-order valence-electron chi connectivity index (χ4n) is 6.12. The number of rotatable bonds is 2. The zero-order valence-corrected chi connectivity index (χ0v) is 20.7. The van der Waals surface area contributed by atoms with Gasteiger partial charge in [-0.15, -0.1) is 0 Å². The standard InChI is InChI=1S/C34H25N3O/c35-24-8-6-20-17-33-29(15-22(20)13-24)28(30-16-23-14-25(36)9-7-21(23)18-34(30)38-33)11-19-5-10-27-26-3-1-2-4-31(26)37-32(27)12-19/h1-10,12-18,28,37H,11,35-36H2. The van der Waals surface area contributed by atoms with Crippen molar-refractivity contribution < 1.29 is 4.74 Å². The van der Waals surface area contributed by atoms with Gasteiger partial charge in [-0.2, -0.15) is 0 Å². The zero-order chi connectivity index (χ0) is 25.4. The van der Waals surface area contributed by atoms with E-state index < -0.39 is 0 Å². The maximum Gasteiger partial charge on any atom is 0.131 e. The van der Waals surface area contributed by atoms with Crippen LogP contribution < -0.4 is 16.2 Å². The number of para-hydroxylation sites is 1. The second-order valence-electron chi connectivity index (χ2n) is 10.4. The number of nitrogens with one attached hydrogen (secondary N) is 1. The first kappa shape index (κ1) is 21.2. The third kappa shape index (κ3) is 3.24. The second-order valence-corrected chi connectivity index (χ2v) is 10.4. The first-order chi connectivity index (χ1) is 18.6. The number of H-pyrrole nitrogens is 1. The van der Waals surface area contributed by atoms with Crippen molar-refractivity contribution in [2.75, 3.05) is 11.5 Å². The van der Waals surface area contributed by atoms with Crippen molar-refractivity contribution in [2.24, 2.45) is 0 Å². The number of hydrogen-bond acceptors (Lipinski definition) is 3. The molecule has 182 valence electrons. The Labute approximate surface area is 219 Å². The van der Waals surface area contributed by atoms with Gasteiger partial charge < -0.3 is 21.2 Å². The SMILES string of the molecule is Nc1ccc2cc3c(cc2c1)C(Cc1ccc2c(c1)[nH]c1ccccc12)c1cc2cc(N)ccc2cc1O3. The number of nitrogens with two attached hydrogens (primary N) is 2. The van der Waals surface area contributed by atoms with Crippen LogP contribution in [-0.4, -0.2) is 4.98 Å². The molecule has 38 heavy (non-hydrogen) atoms. The van der Waals surface area contributed by atoms with Crippen molar-refractivity contribution in [3.63, 3.8) is 0 Å². The molecule has 0 aliphatic carbocycles. The van der Waals surface area contributed by atoms with E-state index in [4.69, 9.17) is 16.2 Å². The van der Waals surface area contributed by atoms with Crippen molar-refractivity contribution in [3.8, 4) is 11.5 Å². The molecule has 6 aromatic carbocycles. The van der Waals surface area contributed by atoms with Crippen LogP contribution in [-0.2, 0) is 6.42 Å². The monoisotopic (exact) mass is 491 g/mol. The van der Waals surface area contributed by atoms with Crippen molar-refractivity contribution in [1.29, 1.82) is 0 Å². The minimum atomic E-state index is 0.118. The molecule has 0 saturated carbocycles. The van der Waals surface area contributed by atoms with Crippen LogP contribution in [0.15, 0.2) is 103 Å². The maximum absolute atomic E-state index is 6.56. The Morgan fingerprint density at radius 3 is 1.89 bits per heavy atom. The summed E-state index contributed by atoms with van der Waals surface area (Å²) in [6.07, 6.45) is 0.844. The lowest BCUT2D eigenvalue weighted by atomic mass is 9.81. The number of nitrogen functional groups attached to an aromatic ring is 2. The van der Waals surface area contributed by atoms with Gasteiger partial charge >= 0.3 is 0 Å². The lowest BCUT2D eigenvalue weighted by Crippen LogP contribution is -2.13. The molecule has 0 fully saturated rings. The van der Waals surface area contributed by atoms with Crippen LogP contribution >= 0.6 is 0 Å². The van der Waals surface area contributed by atoms with Crippen LogP contribution in [0.3, 0.4) is 0 Å². The van der Waals surface area contributed by atoms with Crippen molar-refractivity contribution in [3.05, 3.63) is 120 Å². The Balaban J connectivity index is 1.32. The van der Waals surface area contributed by atoms with Gasteiger partial charge in [-0.25, -0.2) is 0 Å². The molecule has 1 aromatic heterocycles. The molecule has 0 spiro atoms. The smallest absolute Gasteiger partial charge is 0.131 e. The van der Waals surface area contributed by atoms with Crippen LogP contribution in [0.5, 0.6) is 11.5 Å². The van der Waals surface area contributed by atoms with E-state index in [1.807, 2.05) is 24.3 Å². The Bertz CT molecular complexity index is 1980. The number of fused-ring (bicyclic) bond motifs is 7. The molecule has 0 saturated heterocycles. The minimum absolute atomic E-state index is 0.118. The fraction of sp³-hybridized carbons (Fsp3) is 0.0588. The highest BCUT2D eigenvalue weighted by molar-refractivity contribution is 6.07. The highest BCUT2D eigenvalue weighted by Gasteiger charge is 2.29. The molecule has 8 rings (SSSR count). The van der Waals surface area contributed by atoms with Crippen LogP contribution in [0.1, 0.15) is 22.6 Å². The number of aromatic nitrogens is 1. The van der Waals surface area contributed by atoms with Gasteiger partial charge in [-0.3, -0.25) is 0 Å². The van der Waals surface area contributed by atoms with Gasteiger partial charge in [-0.1, -0.05) is 42.5 Å². The van der Waals surface area contributed by atoms with E-state index in [1.165, 1.54) is 27.5 Å². The van der Waals surface area contributed by atoms with Crippen molar-refractivity contribution in [1.82, 2.24) is 4.98 Å². The summed E-state index contributed by atoms with van der Waals surface area (Å²) >= 11 is 0. The first-order valence-electron chi connectivity index (χ1n) is 12.9. The summed E-state index contributed by atoms with van der Waals surface area (Å²) in [6.45, 7) is 0. The molecule has 2 heterocycles. The van der Waals surface area contributed by atoms with Crippen LogP contribution in [0.2, 0.25) is 0 Å². The van der Waals surface area contributed by atoms with E-state index in [0.717, 1.165) is 61.9 Å². The third-order valence-electron chi connectivity index (χ3n) is 7.97. The number of ether oxygens (including phenoxy) is 1. The molecule has 0 atom stereocenters. The second kappa shape index (κ2) is 7.77. The highest BCUT2D eigenvalue weighted by atomic mass is 16.5. The van der Waals surface area contributed by atoms with Crippen LogP contribution in [0.25, 0.3) is 43.4 Å². The molecule has 1 aliphatic heterocycles. The normalized spacial score (nSPS) is 13.2. The predicted octanol–water partition coefficient (Wildman–Crippen LogP) is 8.27. The quantitative estimate of drug-likeness (QED) is 0.213. The number of anilines is 2. The average Bonchev–Trinajstić information content (AvgIpc) is 3.29. The molecule has 7 aromatic rings. The van der Waals surface area contributed by atoms with Gasteiger partial charge in [0, 0.05) is 50.2 Å². The third-order valence-corrected chi connectivity index (χ3v) is 7.97. The molecular weight excluding hydrogens is 466 g/mol. The van der Waals surface area contributed by atoms with Gasteiger partial charge in [0.1, 0.15) is 11.5 Å². The number of aromatic amines is 1. The lowest BCUT2D eigenvalue weighted by Gasteiger charge is -2.29. The molecular formula is C34H25N3O. The molecule has 4 nitrogen and oxygen atoms in total. The molecule has 1 aliphatic rings. The Hall–Kier alpha value is -4.96.